The summed E-state index contributed by atoms with van der Waals surface area (Å²) >= 11 is 1.68. The maximum Gasteiger partial charge on any atom is 0.394 e. The number of carboxylic acids is 1. The quantitative estimate of drug-likeness (QED) is 0.854. The van der Waals surface area contributed by atoms with Crippen LogP contribution < -0.4 is 5.32 Å². The molecule has 0 saturated carbocycles. The number of carboxylic acid groups (broad SMARTS) is 1. The first-order chi connectivity index (χ1) is 11.8. The molecule has 1 fully saturated rings. The number of rotatable bonds is 3. The van der Waals surface area contributed by atoms with Crippen molar-refractivity contribution in [3.05, 3.63) is 29.8 Å². The van der Waals surface area contributed by atoms with Gasteiger partial charge in [0.25, 0.3) is 0 Å². The van der Waals surface area contributed by atoms with Crippen LogP contribution in [0.5, 0.6) is 0 Å². The number of benzene rings is 1. The molecule has 2 N–H and O–H groups in total. The number of likely N-dealkylation sites (tertiary alicyclic amines) is 1. The fraction of sp³-hybridized carbons (Fsp3) is 0.500. The number of urea groups is 1. The summed E-state index contributed by atoms with van der Waals surface area (Å²) in [6, 6.07) is 7.16. The Kier molecular flexibility index (Phi) is 4.86. The Labute approximate surface area is 146 Å². The normalized spacial score (nSPS) is 25.7. The van der Waals surface area contributed by atoms with Gasteiger partial charge in [-0.3, -0.25) is 4.79 Å². The second-order valence-corrected chi connectivity index (χ2v) is 7.29. The van der Waals surface area contributed by atoms with Crippen molar-refractivity contribution < 1.29 is 27.9 Å². The molecule has 0 aliphatic carbocycles. The van der Waals surface area contributed by atoms with Crippen LogP contribution in [0.3, 0.4) is 0 Å². The van der Waals surface area contributed by atoms with Crippen LogP contribution in [0.2, 0.25) is 0 Å². The summed E-state index contributed by atoms with van der Waals surface area (Å²) in [6.07, 6.45) is -4.64. The minimum Gasteiger partial charge on any atom is -0.481 e. The number of nitrogens with zero attached hydrogens (tertiary/aromatic N) is 1. The topological polar surface area (TPSA) is 69.6 Å². The second-order valence-electron chi connectivity index (χ2n) is 6.23. The first-order valence-electron chi connectivity index (χ1n) is 7.81. The summed E-state index contributed by atoms with van der Waals surface area (Å²) in [5.41, 5.74) is 1.12. The van der Waals surface area contributed by atoms with Gasteiger partial charge in [0.1, 0.15) is 0 Å². The number of halogens is 3. The number of hydrogen-bond donors (Lipinski definition) is 2. The molecule has 0 spiro atoms. The van der Waals surface area contributed by atoms with Gasteiger partial charge in [0.05, 0.1) is 11.8 Å². The van der Waals surface area contributed by atoms with Gasteiger partial charge in [-0.05, 0) is 11.6 Å². The van der Waals surface area contributed by atoms with E-state index in [0.717, 1.165) is 21.1 Å². The predicted molar refractivity (Wildman–Crippen MR) is 85.5 cm³/mol. The number of carbonyl (C=O) groups is 2. The van der Waals surface area contributed by atoms with Gasteiger partial charge < -0.3 is 15.3 Å². The zero-order chi connectivity index (χ0) is 18.2. The van der Waals surface area contributed by atoms with Gasteiger partial charge in [-0.1, -0.05) is 18.2 Å². The lowest BCUT2D eigenvalue weighted by atomic mass is 9.96. The molecular weight excluding hydrogens is 357 g/mol. The van der Waals surface area contributed by atoms with Crippen molar-refractivity contribution in [3.8, 4) is 0 Å². The third-order valence-corrected chi connectivity index (χ3v) is 5.90. The highest BCUT2D eigenvalue weighted by atomic mass is 32.2. The van der Waals surface area contributed by atoms with E-state index in [4.69, 9.17) is 5.11 Å². The Morgan fingerprint density at radius 3 is 2.64 bits per heavy atom. The van der Waals surface area contributed by atoms with E-state index in [-0.39, 0.29) is 5.92 Å². The minimum atomic E-state index is -4.64. The highest BCUT2D eigenvalue weighted by Gasteiger charge is 2.53. The van der Waals surface area contributed by atoms with Gasteiger partial charge >= 0.3 is 18.2 Å². The molecule has 136 valence electrons. The number of hydrogen-bond acceptors (Lipinski definition) is 3. The lowest BCUT2D eigenvalue weighted by Crippen LogP contribution is -2.41. The van der Waals surface area contributed by atoms with E-state index in [2.05, 4.69) is 5.32 Å². The molecule has 2 heterocycles. The molecule has 1 unspecified atom stereocenters. The highest BCUT2D eigenvalue weighted by molar-refractivity contribution is 7.99. The molecular formula is C16H17F3N2O3S. The van der Waals surface area contributed by atoms with Crippen molar-refractivity contribution in [1.82, 2.24) is 10.2 Å². The van der Waals surface area contributed by atoms with Crippen LogP contribution in [-0.4, -0.2) is 53.6 Å². The summed E-state index contributed by atoms with van der Waals surface area (Å²) in [5.74, 6) is -4.28. The third kappa shape index (κ3) is 3.70. The zero-order valence-corrected chi connectivity index (χ0v) is 13.9. The van der Waals surface area contributed by atoms with E-state index in [1.807, 2.05) is 24.3 Å². The van der Waals surface area contributed by atoms with Gasteiger partial charge in [0.2, 0.25) is 0 Å². The average molecular weight is 374 g/mol. The van der Waals surface area contributed by atoms with Crippen LogP contribution in [-0.2, 0) is 4.79 Å². The number of alkyl halides is 3. The smallest absolute Gasteiger partial charge is 0.394 e. The van der Waals surface area contributed by atoms with Crippen LogP contribution >= 0.6 is 11.8 Å². The van der Waals surface area contributed by atoms with E-state index >= 15 is 0 Å². The largest absolute Gasteiger partial charge is 0.481 e. The van der Waals surface area contributed by atoms with Crippen molar-refractivity contribution in [3.63, 3.8) is 0 Å². The first-order valence-corrected chi connectivity index (χ1v) is 8.80. The van der Waals surface area contributed by atoms with Crippen molar-refractivity contribution in [2.45, 2.75) is 17.0 Å². The maximum absolute atomic E-state index is 13.0. The van der Waals surface area contributed by atoms with Crippen LogP contribution in [0.4, 0.5) is 18.0 Å². The molecule has 0 bridgehead atoms. The zero-order valence-electron chi connectivity index (χ0n) is 13.1. The standard InChI is InChI=1S/C16H17F3N2O3S/c17-16(18,19)12-7-21(6-11(12)14(22)23)15(24)20-5-9-8-25-13-4-2-1-3-10(9)13/h1-4,9,11-12H,5-8H2,(H,20,24)(H,22,23)/t9?,11-,12-/m1/s1. The summed E-state index contributed by atoms with van der Waals surface area (Å²) in [6.45, 7) is -0.739. The molecule has 9 heteroatoms. The molecule has 1 aromatic rings. The van der Waals surface area contributed by atoms with Gasteiger partial charge in [-0.25, -0.2) is 4.79 Å². The maximum atomic E-state index is 13.0. The number of fused-ring (bicyclic) bond motifs is 1. The molecule has 3 rings (SSSR count). The van der Waals surface area contributed by atoms with E-state index in [1.165, 1.54) is 0 Å². The van der Waals surface area contributed by atoms with E-state index in [0.29, 0.717) is 6.54 Å². The van der Waals surface area contributed by atoms with Crippen molar-refractivity contribution in [2.24, 2.45) is 11.8 Å². The Balaban J connectivity index is 1.60. The molecule has 5 nitrogen and oxygen atoms in total. The van der Waals surface area contributed by atoms with E-state index in [1.54, 1.807) is 11.8 Å². The monoisotopic (exact) mass is 374 g/mol. The fourth-order valence-electron chi connectivity index (χ4n) is 3.27. The van der Waals surface area contributed by atoms with Crippen molar-refractivity contribution in [1.29, 1.82) is 0 Å². The molecule has 2 aliphatic heterocycles. The highest BCUT2D eigenvalue weighted by Crippen LogP contribution is 2.39. The summed E-state index contributed by atoms with van der Waals surface area (Å²) in [7, 11) is 0. The van der Waals surface area contributed by atoms with Crippen molar-refractivity contribution >= 4 is 23.8 Å². The van der Waals surface area contributed by atoms with Crippen LogP contribution in [0.1, 0.15) is 11.5 Å². The van der Waals surface area contributed by atoms with Gasteiger partial charge in [-0.2, -0.15) is 13.2 Å². The molecule has 1 aromatic carbocycles. The number of aliphatic carboxylic acids is 1. The number of amides is 2. The van der Waals surface area contributed by atoms with E-state index in [9.17, 15) is 22.8 Å². The average Bonchev–Trinajstić information content (AvgIpc) is 3.17. The molecule has 2 amide bonds. The predicted octanol–water partition coefficient (Wildman–Crippen LogP) is 2.78. The van der Waals surface area contributed by atoms with Crippen LogP contribution in [0.25, 0.3) is 0 Å². The Bertz CT molecular complexity index is 683. The van der Waals surface area contributed by atoms with E-state index < -0.39 is 43.1 Å². The fourth-order valence-corrected chi connectivity index (χ4v) is 4.53. The third-order valence-electron chi connectivity index (χ3n) is 4.64. The first kappa shape index (κ1) is 17.9. The molecule has 3 atom stereocenters. The molecule has 0 aromatic heterocycles. The number of nitrogens with one attached hydrogen (secondary N) is 1. The molecule has 1 saturated heterocycles. The number of carbonyl (C=O) groups excluding carboxylic acids is 1. The van der Waals surface area contributed by atoms with Gasteiger partial charge in [0, 0.05) is 36.2 Å². The van der Waals surface area contributed by atoms with Crippen molar-refractivity contribution in [2.75, 3.05) is 25.4 Å². The molecule has 2 aliphatic rings. The lowest BCUT2D eigenvalue weighted by Gasteiger charge is -2.20. The Morgan fingerprint density at radius 2 is 2.00 bits per heavy atom. The lowest BCUT2D eigenvalue weighted by molar-refractivity contribution is -0.187. The van der Waals surface area contributed by atoms with Gasteiger partial charge in [-0.15, -0.1) is 11.8 Å². The summed E-state index contributed by atoms with van der Waals surface area (Å²) < 4.78 is 38.9. The molecule has 25 heavy (non-hydrogen) atoms. The summed E-state index contributed by atoms with van der Waals surface area (Å²) in [4.78, 5) is 25.4. The second kappa shape index (κ2) is 6.78. The Morgan fingerprint density at radius 1 is 1.28 bits per heavy atom. The Hall–Kier alpha value is -1.90. The minimum absolute atomic E-state index is 0.0986. The van der Waals surface area contributed by atoms with Gasteiger partial charge in [0.15, 0.2) is 0 Å². The SMILES string of the molecule is O=C(O)[C@@H]1CN(C(=O)NCC2CSc3ccccc32)C[C@H]1C(F)(F)F. The molecule has 0 radical (unpaired) electrons. The van der Waals surface area contributed by atoms with Crippen LogP contribution in [0.15, 0.2) is 29.2 Å². The number of thioether (sulfide) groups is 1. The van der Waals surface area contributed by atoms with Crippen LogP contribution in [0, 0.1) is 11.8 Å². The summed E-state index contributed by atoms with van der Waals surface area (Å²) in [5, 5.41) is 11.6.